The molecule has 0 saturated carbocycles. The summed E-state index contributed by atoms with van der Waals surface area (Å²) in [5.41, 5.74) is 0. The van der Waals surface area contributed by atoms with Gasteiger partial charge >= 0.3 is 0 Å². The van der Waals surface area contributed by atoms with Gasteiger partial charge in [0.2, 0.25) is 0 Å². The fraction of sp³-hybridized carbons (Fsp3) is 1.00. The lowest BCUT2D eigenvalue weighted by Crippen LogP contribution is -2.20. The third-order valence-electron chi connectivity index (χ3n) is 2.74. The second kappa shape index (κ2) is 6.62. The molecular formula is C10H21NO3. The van der Waals surface area contributed by atoms with Crippen molar-refractivity contribution >= 4 is 0 Å². The zero-order chi connectivity index (χ0) is 11.1. The van der Waals surface area contributed by atoms with Crippen LogP contribution in [0.25, 0.3) is 0 Å². The van der Waals surface area contributed by atoms with Crippen LogP contribution < -0.4 is 0 Å². The molecule has 0 saturated heterocycles. The molecule has 0 aromatic rings. The Hall–Kier alpha value is -0.800. The van der Waals surface area contributed by atoms with E-state index in [4.69, 9.17) is 0 Å². The maximum absolute atomic E-state index is 10.1. The molecule has 0 fully saturated rings. The van der Waals surface area contributed by atoms with E-state index in [0.717, 1.165) is 12.8 Å². The highest BCUT2D eigenvalue weighted by molar-refractivity contribution is 4.65. The fourth-order valence-corrected chi connectivity index (χ4v) is 1.37. The Morgan fingerprint density at radius 3 is 2.29 bits per heavy atom. The summed E-state index contributed by atoms with van der Waals surface area (Å²) >= 11 is 0. The molecule has 0 amide bonds. The quantitative estimate of drug-likeness (QED) is 0.472. The van der Waals surface area contributed by atoms with Crippen LogP contribution in [0.1, 0.15) is 40.5 Å². The maximum atomic E-state index is 10.1. The van der Waals surface area contributed by atoms with E-state index in [1.54, 1.807) is 0 Å². The second-order valence-electron chi connectivity index (χ2n) is 4.27. The standard InChI is InChI=1S/C10H21NO3/c1-5-9(4)6-10(8(2)3)7-14-11(12)13/h8-10H,5-7H2,1-4H3. The summed E-state index contributed by atoms with van der Waals surface area (Å²) in [4.78, 5) is 14.5. The van der Waals surface area contributed by atoms with E-state index in [0.29, 0.717) is 11.8 Å². The monoisotopic (exact) mass is 203 g/mol. The van der Waals surface area contributed by atoms with Crippen LogP contribution in [-0.4, -0.2) is 11.7 Å². The molecular weight excluding hydrogens is 182 g/mol. The summed E-state index contributed by atoms with van der Waals surface area (Å²) in [6, 6.07) is 0. The average molecular weight is 203 g/mol. The second-order valence-corrected chi connectivity index (χ2v) is 4.27. The molecule has 0 spiro atoms. The van der Waals surface area contributed by atoms with Gasteiger partial charge in [0, 0.05) is 0 Å². The van der Waals surface area contributed by atoms with Crippen LogP contribution in [0.4, 0.5) is 0 Å². The van der Waals surface area contributed by atoms with Gasteiger partial charge in [-0.1, -0.05) is 34.1 Å². The Morgan fingerprint density at radius 1 is 1.36 bits per heavy atom. The Bertz CT molecular complexity index is 171. The minimum atomic E-state index is -0.702. The van der Waals surface area contributed by atoms with Crippen molar-refractivity contribution in [2.24, 2.45) is 17.8 Å². The average Bonchev–Trinajstić information content (AvgIpc) is 2.10. The van der Waals surface area contributed by atoms with Gasteiger partial charge in [-0.3, -0.25) is 0 Å². The van der Waals surface area contributed by atoms with Gasteiger partial charge in [-0.25, -0.2) is 0 Å². The van der Waals surface area contributed by atoms with E-state index in [2.05, 4.69) is 32.5 Å². The van der Waals surface area contributed by atoms with Crippen molar-refractivity contribution in [3.63, 3.8) is 0 Å². The lowest BCUT2D eigenvalue weighted by atomic mass is 9.87. The van der Waals surface area contributed by atoms with Crippen molar-refractivity contribution < 1.29 is 9.92 Å². The number of nitrogens with zero attached hydrogens (tertiary/aromatic N) is 1. The van der Waals surface area contributed by atoms with Gasteiger partial charge in [-0.05, 0) is 24.2 Å². The molecule has 0 radical (unpaired) electrons. The Balaban J connectivity index is 3.95. The largest absolute Gasteiger partial charge is 0.314 e. The summed E-state index contributed by atoms with van der Waals surface area (Å²) in [5, 5.41) is 9.36. The number of hydrogen-bond donors (Lipinski definition) is 0. The van der Waals surface area contributed by atoms with Crippen molar-refractivity contribution in [3.8, 4) is 0 Å². The fourth-order valence-electron chi connectivity index (χ4n) is 1.37. The highest BCUT2D eigenvalue weighted by Crippen LogP contribution is 2.22. The molecule has 0 aromatic carbocycles. The van der Waals surface area contributed by atoms with Crippen LogP contribution >= 0.6 is 0 Å². The minimum absolute atomic E-state index is 0.231. The molecule has 14 heavy (non-hydrogen) atoms. The van der Waals surface area contributed by atoms with Crippen LogP contribution in [0, 0.1) is 27.9 Å². The van der Waals surface area contributed by atoms with E-state index in [-0.39, 0.29) is 12.5 Å². The zero-order valence-electron chi connectivity index (χ0n) is 9.53. The van der Waals surface area contributed by atoms with Gasteiger partial charge in [0.15, 0.2) is 0 Å². The summed E-state index contributed by atoms with van der Waals surface area (Å²) < 4.78 is 0. The third-order valence-corrected chi connectivity index (χ3v) is 2.74. The molecule has 2 atom stereocenters. The highest BCUT2D eigenvalue weighted by Gasteiger charge is 2.17. The lowest BCUT2D eigenvalue weighted by Gasteiger charge is -2.22. The van der Waals surface area contributed by atoms with E-state index in [1.165, 1.54) is 0 Å². The van der Waals surface area contributed by atoms with E-state index in [9.17, 15) is 10.1 Å². The van der Waals surface area contributed by atoms with Crippen LogP contribution in [0.5, 0.6) is 0 Å². The van der Waals surface area contributed by atoms with E-state index >= 15 is 0 Å². The molecule has 0 bridgehead atoms. The van der Waals surface area contributed by atoms with Crippen molar-refractivity contribution in [3.05, 3.63) is 10.1 Å². The first kappa shape index (κ1) is 13.2. The van der Waals surface area contributed by atoms with Crippen LogP contribution in [0.3, 0.4) is 0 Å². The summed E-state index contributed by atoms with van der Waals surface area (Å²) in [7, 11) is 0. The summed E-state index contributed by atoms with van der Waals surface area (Å²) in [6.45, 7) is 8.69. The summed E-state index contributed by atoms with van der Waals surface area (Å²) in [6.07, 6.45) is 2.11. The van der Waals surface area contributed by atoms with Crippen LogP contribution in [-0.2, 0) is 4.84 Å². The molecule has 0 aliphatic heterocycles. The molecule has 2 unspecified atom stereocenters. The predicted octanol–water partition coefficient (Wildman–Crippen LogP) is 2.90. The van der Waals surface area contributed by atoms with Crippen molar-refractivity contribution in [1.29, 1.82) is 0 Å². The smallest absolute Gasteiger partial charge is 0.294 e. The molecule has 4 heteroatoms. The molecule has 0 aromatic heterocycles. The molecule has 0 heterocycles. The predicted molar refractivity (Wildman–Crippen MR) is 55.3 cm³/mol. The van der Waals surface area contributed by atoms with Crippen molar-refractivity contribution in [1.82, 2.24) is 0 Å². The molecule has 0 aliphatic rings. The van der Waals surface area contributed by atoms with Gasteiger partial charge in [0.25, 0.3) is 5.09 Å². The van der Waals surface area contributed by atoms with E-state index < -0.39 is 5.09 Å². The van der Waals surface area contributed by atoms with Gasteiger partial charge in [-0.2, -0.15) is 0 Å². The molecule has 0 rings (SSSR count). The Kier molecular flexibility index (Phi) is 6.25. The van der Waals surface area contributed by atoms with Crippen molar-refractivity contribution in [2.75, 3.05) is 6.61 Å². The molecule has 4 nitrogen and oxygen atoms in total. The zero-order valence-corrected chi connectivity index (χ0v) is 9.53. The number of rotatable bonds is 7. The lowest BCUT2D eigenvalue weighted by molar-refractivity contribution is -0.759. The molecule has 84 valence electrons. The minimum Gasteiger partial charge on any atom is -0.314 e. The third kappa shape index (κ3) is 5.78. The van der Waals surface area contributed by atoms with Gasteiger partial charge in [0.05, 0.1) is 6.61 Å². The maximum Gasteiger partial charge on any atom is 0.294 e. The topological polar surface area (TPSA) is 52.4 Å². The SMILES string of the molecule is CCC(C)CC(CO[N+](=O)[O-])C(C)C. The first-order chi connectivity index (χ1) is 6.47. The first-order valence-corrected chi connectivity index (χ1v) is 5.24. The van der Waals surface area contributed by atoms with Crippen LogP contribution in [0.15, 0.2) is 0 Å². The van der Waals surface area contributed by atoms with Gasteiger partial charge in [-0.15, -0.1) is 10.1 Å². The summed E-state index contributed by atoms with van der Waals surface area (Å²) in [5.74, 6) is 1.33. The normalized spacial score (nSPS) is 15.2. The van der Waals surface area contributed by atoms with Crippen LogP contribution in [0.2, 0.25) is 0 Å². The molecule has 0 N–H and O–H groups in total. The van der Waals surface area contributed by atoms with Gasteiger partial charge in [0.1, 0.15) is 0 Å². The van der Waals surface area contributed by atoms with E-state index in [1.807, 2.05) is 0 Å². The Morgan fingerprint density at radius 2 is 1.93 bits per heavy atom. The highest BCUT2D eigenvalue weighted by atomic mass is 16.9. The van der Waals surface area contributed by atoms with Crippen molar-refractivity contribution in [2.45, 2.75) is 40.5 Å². The first-order valence-electron chi connectivity index (χ1n) is 5.24. The Labute approximate surface area is 85.7 Å². The molecule has 0 aliphatic carbocycles. The van der Waals surface area contributed by atoms with Gasteiger partial charge < -0.3 is 4.84 Å². The number of hydrogen-bond acceptors (Lipinski definition) is 3.